The van der Waals surface area contributed by atoms with Gasteiger partial charge in [-0.05, 0) is 37.5 Å². The third-order valence-electron chi connectivity index (χ3n) is 5.78. The van der Waals surface area contributed by atoms with Crippen LogP contribution in [0, 0.1) is 5.92 Å². The number of rotatable bonds is 8. The van der Waals surface area contributed by atoms with Gasteiger partial charge in [-0.1, -0.05) is 13.8 Å². The SMILES string of the molecule is CCCn1c(COC(=O)C2CCCN(C(=O)CC)C2)nc2cc(S(=O)(=O)N(C)C)ccc21. The summed E-state index contributed by atoms with van der Waals surface area (Å²) in [6.07, 6.45) is 2.75. The molecular weight excluding hydrogens is 432 g/mol. The molecule has 1 aliphatic rings. The minimum Gasteiger partial charge on any atom is -0.457 e. The average Bonchev–Trinajstić information content (AvgIpc) is 3.13. The zero-order valence-corrected chi connectivity index (χ0v) is 20.0. The van der Waals surface area contributed by atoms with E-state index in [0.29, 0.717) is 43.8 Å². The van der Waals surface area contributed by atoms with Gasteiger partial charge in [0.25, 0.3) is 0 Å². The highest BCUT2D eigenvalue weighted by atomic mass is 32.2. The minimum absolute atomic E-state index is 0.00149. The molecule has 1 amide bonds. The third-order valence-corrected chi connectivity index (χ3v) is 7.59. The van der Waals surface area contributed by atoms with E-state index in [0.717, 1.165) is 22.7 Å². The van der Waals surface area contributed by atoms with Crippen LogP contribution < -0.4 is 0 Å². The van der Waals surface area contributed by atoms with Crippen LogP contribution in [-0.4, -0.2) is 66.2 Å². The first-order chi connectivity index (χ1) is 15.2. The maximum atomic E-state index is 12.7. The number of amides is 1. The molecule has 2 aromatic rings. The summed E-state index contributed by atoms with van der Waals surface area (Å²) in [5, 5.41) is 0. The van der Waals surface area contributed by atoms with Gasteiger partial charge in [-0.3, -0.25) is 9.59 Å². The zero-order valence-electron chi connectivity index (χ0n) is 19.2. The fourth-order valence-corrected chi connectivity index (χ4v) is 4.91. The van der Waals surface area contributed by atoms with E-state index in [1.807, 2.05) is 18.4 Å². The van der Waals surface area contributed by atoms with Crippen LogP contribution >= 0.6 is 0 Å². The standard InChI is InChI=1S/C22H32N4O5S/c1-5-11-26-19-10-9-17(32(29,30)24(3)4)13-18(19)23-20(26)15-31-22(28)16-8-7-12-25(14-16)21(27)6-2/h9-10,13,16H,5-8,11-12,14-15H2,1-4H3. The summed E-state index contributed by atoms with van der Waals surface area (Å²) in [5.41, 5.74) is 1.35. The van der Waals surface area contributed by atoms with Crippen LogP contribution in [0.1, 0.15) is 45.4 Å². The lowest BCUT2D eigenvalue weighted by molar-refractivity contribution is -0.153. The third kappa shape index (κ3) is 4.96. The number of aryl methyl sites for hydroxylation is 1. The Bertz CT molecular complexity index is 1090. The molecule has 9 nitrogen and oxygen atoms in total. The normalized spacial score (nSPS) is 17.2. The Morgan fingerprint density at radius 3 is 2.66 bits per heavy atom. The number of nitrogens with zero attached hydrogens (tertiary/aromatic N) is 4. The quantitative estimate of drug-likeness (QED) is 0.556. The number of aromatic nitrogens is 2. The minimum atomic E-state index is -3.57. The van der Waals surface area contributed by atoms with Gasteiger partial charge in [0.2, 0.25) is 15.9 Å². The number of carbonyl (C=O) groups is 2. The lowest BCUT2D eigenvalue weighted by Crippen LogP contribution is -2.42. The van der Waals surface area contributed by atoms with Crippen LogP contribution in [0.25, 0.3) is 11.0 Å². The molecule has 176 valence electrons. The van der Waals surface area contributed by atoms with Gasteiger partial charge in [-0.15, -0.1) is 0 Å². The Labute approximate surface area is 189 Å². The maximum Gasteiger partial charge on any atom is 0.311 e. The van der Waals surface area contributed by atoms with Crippen molar-refractivity contribution in [2.24, 2.45) is 5.92 Å². The van der Waals surface area contributed by atoms with E-state index in [1.54, 1.807) is 23.1 Å². The van der Waals surface area contributed by atoms with E-state index in [9.17, 15) is 18.0 Å². The molecule has 1 aliphatic heterocycles. The molecule has 1 aromatic heterocycles. The molecule has 0 radical (unpaired) electrons. The number of sulfonamides is 1. The second-order valence-corrected chi connectivity index (χ2v) is 10.4. The van der Waals surface area contributed by atoms with Gasteiger partial charge in [0.05, 0.1) is 21.8 Å². The first kappa shape index (κ1) is 24.2. The highest BCUT2D eigenvalue weighted by Crippen LogP contribution is 2.24. The van der Waals surface area contributed by atoms with Crippen molar-refractivity contribution in [3.05, 3.63) is 24.0 Å². The number of fused-ring (bicyclic) bond motifs is 1. The number of likely N-dealkylation sites (tertiary alicyclic amines) is 1. The summed E-state index contributed by atoms with van der Waals surface area (Å²) < 4.78 is 33.7. The topological polar surface area (TPSA) is 102 Å². The predicted molar refractivity (Wildman–Crippen MR) is 120 cm³/mol. The molecule has 1 saturated heterocycles. The number of ether oxygens (including phenoxy) is 1. The van der Waals surface area contributed by atoms with Crippen molar-refractivity contribution < 1.29 is 22.7 Å². The smallest absolute Gasteiger partial charge is 0.311 e. The van der Waals surface area contributed by atoms with Crippen LogP contribution in [0.4, 0.5) is 0 Å². The second-order valence-electron chi connectivity index (χ2n) is 8.26. The van der Waals surface area contributed by atoms with Crippen LogP contribution in [-0.2, 0) is 37.5 Å². The van der Waals surface area contributed by atoms with Crippen LogP contribution in [0.2, 0.25) is 0 Å². The second kappa shape index (κ2) is 9.99. The summed E-state index contributed by atoms with van der Waals surface area (Å²) in [6.45, 7) is 5.60. The van der Waals surface area contributed by atoms with Crippen molar-refractivity contribution >= 4 is 32.9 Å². The predicted octanol–water partition coefficient (Wildman–Crippen LogP) is 2.39. The van der Waals surface area contributed by atoms with E-state index in [4.69, 9.17) is 4.74 Å². The molecular formula is C22H32N4O5S. The lowest BCUT2D eigenvalue weighted by Gasteiger charge is -2.31. The highest BCUT2D eigenvalue weighted by Gasteiger charge is 2.29. The van der Waals surface area contributed by atoms with Crippen molar-refractivity contribution in [2.75, 3.05) is 27.2 Å². The molecule has 1 aromatic carbocycles. The Morgan fingerprint density at radius 2 is 2.00 bits per heavy atom. The van der Waals surface area contributed by atoms with Gasteiger partial charge in [-0.25, -0.2) is 17.7 Å². The summed E-state index contributed by atoms with van der Waals surface area (Å²) >= 11 is 0. The van der Waals surface area contributed by atoms with Gasteiger partial charge < -0.3 is 14.2 Å². The van der Waals surface area contributed by atoms with E-state index in [1.165, 1.54) is 14.1 Å². The lowest BCUT2D eigenvalue weighted by atomic mass is 9.98. The zero-order chi connectivity index (χ0) is 23.5. The Kier molecular flexibility index (Phi) is 7.55. The number of piperidine rings is 1. The number of imidazole rings is 1. The number of hydrogen-bond donors (Lipinski definition) is 0. The molecule has 0 spiro atoms. The van der Waals surface area contributed by atoms with Gasteiger partial charge >= 0.3 is 5.97 Å². The fourth-order valence-electron chi connectivity index (χ4n) is 3.99. The molecule has 2 heterocycles. The van der Waals surface area contributed by atoms with Crippen LogP contribution in [0.3, 0.4) is 0 Å². The van der Waals surface area contributed by atoms with Gasteiger partial charge in [0, 0.05) is 40.2 Å². The first-order valence-electron chi connectivity index (χ1n) is 11.0. The Balaban J connectivity index is 1.79. The molecule has 1 unspecified atom stereocenters. The Morgan fingerprint density at radius 1 is 1.25 bits per heavy atom. The number of benzene rings is 1. The van der Waals surface area contributed by atoms with Gasteiger partial charge in [-0.2, -0.15) is 0 Å². The van der Waals surface area contributed by atoms with Crippen molar-refractivity contribution in [3.8, 4) is 0 Å². The van der Waals surface area contributed by atoms with E-state index >= 15 is 0 Å². The van der Waals surface area contributed by atoms with Crippen molar-refractivity contribution in [3.63, 3.8) is 0 Å². The molecule has 0 saturated carbocycles. The first-order valence-corrected chi connectivity index (χ1v) is 12.5. The molecule has 1 fully saturated rings. The maximum absolute atomic E-state index is 12.7. The van der Waals surface area contributed by atoms with Gasteiger partial charge in [0.15, 0.2) is 0 Å². The summed E-state index contributed by atoms with van der Waals surface area (Å²) in [5.74, 6) is -0.0349. The summed E-state index contributed by atoms with van der Waals surface area (Å²) in [7, 11) is -0.599. The van der Waals surface area contributed by atoms with Crippen molar-refractivity contribution in [1.82, 2.24) is 18.8 Å². The number of hydrogen-bond acceptors (Lipinski definition) is 6. The van der Waals surface area contributed by atoms with Gasteiger partial charge in [0.1, 0.15) is 12.4 Å². The molecule has 32 heavy (non-hydrogen) atoms. The molecule has 0 aliphatic carbocycles. The molecule has 3 rings (SSSR count). The summed E-state index contributed by atoms with van der Waals surface area (Å²) in [6, 6.07) is 4.87. The highest BCUT2D eigenvalue weighted by molar-refractivity contribution is 7.89. The molecule has 0 N–H and O–H groups in total. The van der Waals surface area contributed by atoms with E-state index < -0.39 is 10.0 Å². The molecule has 0 bridgehead atoms. The van der Waals surface area contributed by atoms with Crippen molar-refractivity contribution in [1.29, 1.82) is 0 Å². The largest absolute Gasteiger partial charge is 0.457 e. The van der Waals surface area contributed by atoms with Crippen LogP contribution in [0.5, 0.6) is 0 Å². The average molecular weight is 465 g/mol. The van der Waals surface area contributed by atoms with E-state index in [2.05, 4.69) is 4.98 Å². The Hall–Kier alpha value is -2.46. The molecule has 10 heteroatoms. The van der Waals surface area contributed by atoms with E-state index in [-0.39, 0.29) is 29.3 Å². The number of carbonyl (C=O) groups excluding carboxylic acids is 2. The number of esters is 1. The fraction of sp³-hybridized carbons (Fsp3) is 0.591. The van der Waals surface area contributed by atoms with Crippen LogP contribution in [0.15, 0.2) is 23.1 Å². The summed E-state index contributed by atoms with van der Waals surface area (Å²) in [4.78, 5) is 31.2. The van der Waals surface area contributed by atoms with Crippen molar-refractivity contribution in [2.45, 2.75) is 57.6 Å². The monoisotopic (exact) mass is 464 g/mol. The molecule has 1 atom stereocenters.